The topological polar surface area (TPSA) is 28.3 Å². The summed E-state index contributed by atoms with van der Waals surface area (Å²) in [5.41, 5.74) is 5.94. The van der Waals surface area contributed by atoms with Gasteiger partial charge in [0.15, 0.2) is 0 Å². The Bertz CT molecular complexity index is 1500. The van der Waals surface area contributed by atoms with Crippen molar-refractivity contribution in [2.75, 3.05) is 13.6 Å². The standard InChI is InChI=1S/C30H26N2O/c1-32-18-17-24-23-13-7-8-14-26(23)31-29(24)30(32)19-25(20-9-3-2-4-10-20)28-22-12-6-5-11-21(22)15-16-27(28)33-30/h2-16,25,31H,17-19H2,1H3/t25-,30+/m0/s1. The van der Waals surface area contributed by atoms with Gasteiger partial charge in [0.2, 0.25) is 5.72 Å². The number of hydrogen-bond acceptors (Lipinski definition) is 2. The Balaban J connectivity index is 1.51. The highest BCUT2D eigenvalue weighted by atomic mass is 16.5. The molecule has 0 aliphatic carbocycles. The molecule has 1 aromatic heterocycles. The van der Waals surface area contributed by atoms with Crippen LogP contribution >= 0.6 is 0 Å². The average molecular weight is 431 g/mol. The van der Waals surface area contributed by atoms with Crippen LogP contribution in [0.5, 0.6) is 5.75 Å². The van der Waals surface area contributed by atoms with Crippen LogP contribution in [0, 0.1) is 0 Å². The molecular formula is C30H26N2O. The van der Waals surface area contributed by atoms with Gasteiger partial charge >= 0.3 is 0 Å². The van der Waals surface area contributed by atoms with E-state index < -0.39 is 5.72 Å². The van der Waals surface area contributed by atoms with Gasteiger partial charge in [0.1, 0.15) is 5.75 Å². The molecule has 2 aliphatic rings. The van der Waals surface area contributed by atoms with Gasteiger partial charge in [-0.15, -0.1) is 0 Å². The van der Waals surface area contributed by atoms with Crippen LogP contribution in [-0.4, -0.2) is 23.5 Å². The number of para-hydroxylation sites is 1. The third-order valence-electron chi connectivity index (χ3n) is 7.76. The van der Waals surface area contributed by atoms with Crippen LogP contribution in [0.4, 0.5) is 0 Å². The lowest BCUT2D eigenvalue weighted by atomic mass is 9.77. The molecule has 0 saturated heterocycles. The molecule has 1 N–H and O–H groups in total. The molecule has 3 nitrogen and oxygen atoms in total. The zero-order chi connectivity index (χ0) is 22.0. The van der Waals surface area contributed by atoms with Crippen LogP contribution in [0.1, 0.15) is 34.7 Å². The average Bonchev–Trinajstić information content (AvgIpc) is 3.26. The maximum Gasteiger partial charge on any atom is 0.205 e. The normalized spacial score (nSPS) is 22.3. The third kappa shape index (κ3) is 2.66. The van der Waals surface area contributed by atoms with E-state index in [2.05, 4.69) is 108 Å². The predicted molar refractivity (Wildman–Crippen MR) is 134 cm³/mol. The zero-order valence-corrected chi connectivity index (χ0v) is 18.7. The Morgan fingerprint density at radius 3 is 2.48 bits per heavy atom. The van der Waals surface area contributed by atoms with Gasteiger partial charge in [0, 0.05) is 35.3 Å². The molecule has 5 aromatic rings. The highest BCUT2D eigenvalue weighted by molar-refractivity contribution is 5.89. The van der Waals surface area contributed by atoms with E-state index >= 15 is 0 Å². The number of nitrogens with zero attached hydrogens (tertiary/aromatic N) is 1. The second kappa shape index (κ2) is 6.97. The zero-order valence-electron chi connectivity index (χ0n) is 18.7. The van der Waals surface area contributed by atoms with E-state index in [4.69, 9.17) is 4.74 Å². The van der Waals surface area contributed by atoms with Crippen LogP contribution in [-0.2, 0) is 12.1 Å². The molecule has 0 radical (unpaired) electrons. The van der Waals surface area contributed by atoms with Crippen LogP contribution in [0.25, 0.3) is 21.7 Å². The van der Waals surface area contributed by atoms with E-state index in [1.165, 1.54) is 44.1 Å². The van der Waals surface area contributed by atoms with Crippen molar-refractivity contribution >= 4 is 21.7 Å². The SMILES string of the molecule is CN1CCc2c([nH]c3ccccc23)[C@]12C[C@@H](c1ccccc1)c1c(ccc3ccccc13)O2. The monoisotopic (exact) mass is 430 g/mol. The van der Waals surface area contributed by atoms with E-state index in [0.29, 0.717) is 0 Å². The fourth-order valence-corrected chi connectivity index (χ4v) is 6.13. The molecule has 0 unspecified atom stereocenters. The Hall–Kier alpha value is -3.56. The lowest BCUT2D eigenvalue weighted by Crippen LogP contribution is -2.55. The third-order valence-corrected chi connectivity index (χ3v) is 7.76. The van der Waals surface area contributed by atoms with Crippen LogP contribution in [0.15, 0.2) is 91.0 Å². The Kier molecular flexibility index (Phi) is 4.00. The molecule has 0 saturated carbocycles. The summed E-state index contributed by atoms with van der Waals surface area (Å²) in [7, 11) is 2.21. The predicted octanol–water partition coefficient (Wildman–Crippen LogP) is 6.58. The highest BCUT2D eigenvalue weighted by Crippen LogP contribution is 2.53. The molecule has 2 aliphatic heterocycles. The van der Waals surface area contributed by atoms with Crippen LogP contribution in [0.2, 0.25) is 0 Å². The van der Waals surface area contributed by atoms with Gasteiger partial charge in [-0.2, -0.15) is 0 Å². The number of aromatic nitrogens is 1. The summed E-state index contributed by atoms with van der Waals surface area (Å²) in [6.45, 7) is 0.971. The van der Waals surface area contributed by atoms with E-state index in [9.17, 15) is 0 Å². The Morgan fingerprint density at radius 2 is 1.61 bits per heavy atom. The van der Waals surface area contributed by atoms with E-state index in [1.807, 2.05) is 0 Å². The molecule has 0 bridgehead atoms. The molecule has 3 heteroatoms. The summed E-state index contributed by atoms with van der Waals surface area (Å²) in [5.74, 6) is 1.23. The first-order valence-corrected chi connectivity index (χ1v) is 11.8. The van der Waals surface area contributed by atoms with Crippen molar-refractivity contribution in [2.45, 2.75) is 24.5 Å². The summed E-state index contributed by atoms with van der Waals surface area (Å²) >= 11 is 0. The first-order valence-electron chi connectivity index (χ1n) is 11.8. The van der Waals surface area contributed by atoms with E-state index in [-0.39, 0.29) is 5.92 Å². The van der Waals surface area contributed by atoms with Gasteiger partial charge in [0.05, 0.1) is 5.69 Å². The second-order valence-electron chi connectivity index (χ2n) is 9.45. The number of likely N-dealkylation sites (N-methyl/N-ethyl adjacent to an activating group) is 1. The van der Waals surface area contributed by atoms with Gasteiger partial charge in [-0.25, -0.2) is 0 Å². The molecule has 33 heavy (non-hydrogen) atoms. The largest absolute Gasteiger partial charge is 0.466 e. The molecule has 3 heterocycles. The summed E-state index contributed by atoms with van der Waals surface area (Å²) in [6, 6.07) is 32.7. The number of benzene rings is 4. The number of fused-ring (bicyclic) bond motifs is 7. The fraction of sp³-hybridized carbons (Fsp3) is 0.200. The van der Waals surface area contributed by atoms with Gasteiger partial charge in [-0.05, 0) is 47.5 Å². The van der Waals surface area contributed by atoms with Crippen molar-refractivity contribution in [2.24, 2.45) is 0 Å². The first-order chi connectivity index (χ1) is 16.2. The minimum atomic E-state index is -0.525. The molecular weight excluding hydrogens is 404 g/mol. The number of ether oxygens (including phenoxy) is 1. The van der Waals surface area contributed by atoms with Gasteiger partial charge < -0.3 is 9.72 Å². The minimum Gasteiger partial charge on any atom is -0.466 e. The smallest absolute Gasteiger partial charge is 0.205 e. The summed E-state index contributed by atoms with van der Waals surface area (Å²) in [4.78, 5) is 6.20. The maximum atomic E-state index is 7.08. The highest BCUT2D eigenvalue weighted by Gasteiger charge is 2.50. The molecule has 1 spiro atoms. The molecule has 0 amide bonds. The molecule has 162 valence electrons. The summed E-state index contributed by atoms with van der Waals surface area (Å²) in [5, 5.41) is 3.87. The molecule has 7 rings (SSSR count). The minimum absolute atomic E-state index is 0.237. The maximum absolute atomic E-state index is 7.08. The van der Waals surface area contributed by atoms with Crippen molar-refractivity contribution < 1.29 is 4.74 Å². The van der Waals surface area contributed by atoms with Gasteiger partial charge in [0.25, 0.3) is 0 Å². The summed E-state index contributed by atoms with van der Waals surface area (Å²) < 4.78 is 7.08. The van der Waals surface area contributed by atoms with Gasteiger partial charge in [-0.3, -0.25) is 4.90 Å². The number of H-pyrrole nitrogens is 1. The molecule has 2 atom stereocenters. The van der Waals surface area contributed by atoms with Crippen molar-refractivity contribution in [3.05, 3.63) is 113 Å². The summed E-state index contributed by atoms with van der Waals surface area (Å²) in [6.07, 6.45) is 1.90. The van der Waals surface area contributed by atoms with Crippen molar-refractivity contribution in [3.8, 4) is 5.75 Å². The van der Waals surface area contributed by atoms with Gasteiger partial charge in [-0.1, -0.05) is 78.9 Å². The van der Waals surface area contributed by atoms with Crippen molar-refractivity contribution in [1.82, 2.24) is 9.88 Å². The quantitative estimate of drug-likeness (QED) is 0.325. The molecule has 4 aromatic carbocycles. The molecule has 0 fully saturated rings. The number of rotatable bonds is 1. The Labute approximate surface area is 193 Å². The van der Waals surface area contributed by atoms with E-state index in [1.54, 1.807) is 0 Å². The van der Waals surface area contributed by atoms with Crippen LogP contribution in [0.3, 0.4) is 0 Å². The lowest BCUT2D eigenvalue weighted by molar-refractivity contribution is -0.107. The second-order valence-corrected chi connectivity index (χ2v) is 9.45. The van der Waals surface area contributed by atoms with Crippen molar-refractivity contribution in [1.29, 1.82) is 0 Å². The number of aromatic amines is 1. The lowest BCUT2D eigenvalue weighted by Gasteiger charge is -2.49. The number of nitrogens with one attached hydrogen (secondary N) is 1. The first kappa shape index (κ1) is 19.0. The van der Waals surface area contributed by atoms with E-state index in [0.717, 1.165) is 25.1 Å². The van der Waals surface area contributed by atoms with Crippen molar-refractivity contribution in [3.63, 3.8) is 0 Å². The number of hydrogen-bond donors (Lipinski definition) is 1. The van der Waals surface area contributed by atoms with Crippen LogP contribution < -0.4 is 4.74 Å². The Morgan fingerprint density at radius 1 is 0.848 bits per heavy atom. The fourth-order valence-electron chi connectivity index (χ4n) is 6.13.